The summed E-state index contributed by atoms with van der Waals surface area (Å²) in [4.78, 5) is 13.2. The minimum atomic E-state index is 0. The standard InChI is InChI=1S/C17H24N6O2.HI/c1-13-20-16(21-25-13)12-19-17(18-2)23-10-8-22(9-11-23)14-4-6-15(24-3)7-5-14;/h4-7H,8-12H2,1-3H3,(H,18,19);1H. The monoisotopic (exact) mass is 472 g/mol. The molecule has 2 aromatic rings. The summed E-state index contributed by atoms with van der Waals surface area (Å²) in [5, 5.41) is 7.19. The number of rotatable bonds is 4. The molecule has 1 saturated heterocycles. The van der Waals surface area contributed by atoms with E-state index in [9.17, 15) is 0 Å². The molecule has 9 heteroatoms. The summed E-state index contributed by atoms with van der Waals surface area (Å²) in [5.74, 6) is 2.94. The molecule has 1 aromatic carbocycles. The van der Waals surface area contributed by atoms with Gasteiger partial charge in [0.05, 0.1) is 13.7 Å². The van der Waals surface area contributed by atoms with Gasteiger partial charge in [0, 0.05) is 45.8 Å². The van der Waals surface area contributed by atoms with Gasteiger partial charge < -0.3 is 24.4 Å². The number of methoxy groups -OCH3 is 1. The molecule has 2 heterocycles. The molecule has 1 aromatic heterocycles. The zero-order chi connectivity index (χ0) is 17.6. The molecular formula is C17H25IN6O2. The van der Waals surface area contributed by atoms with Crippen LogP contribution in [0.2, 0.25) is 0 Å². The van der Waals surface area contributed by atoms with Crippen LogP contribution in [0.25, 0.3) is 0 Å². The van der Waals surface area contributed by atoms with Crippen LogP contribution in [0, 0.1) is 6.92 Å². The number of aryl methyl sites for hydroxylation is 1. The Bertz CT molecular complexity index is 710. The molecule has 0 unspecified atom stereocenters. The lowest BCUT2D eigenvalue weighted by Gasteiger charge is -2.37. The van der Waals surface area contributed by atoms with Gasteiger partial charge in [-0.05, 0) is 24.3 Å². The van der Waals surface area contributed by atoms with Crippen molar-refractivity contribution in [1.82, 2.24) is 20.4 Å². The molecule has 1 fully saturated rings. The lowest BCUT2D eigenvalue weighted by atomic mass is 10.2. The molecule has 1 aliphatic heterocycles. The normalized spacial score (nSPS) is 14.8. The van der Waals surface area contributed by atoms with E-state index in [0.29, 0.717) is 18.3 Å². The highest BCUT2D eigenvalue weighted by atomic mass is 127. The van der Waals surface area contributed by atoms with Gasteiger partial charge in [-0.2, -0.15) is 4.98 Å². The Morgan fingerprint density at radius 1 is 1.23 bits per heavy atom. The first-order valence-electron chi connectivity index (χ1n) is 8.33. The topological polar surface area (TPSA) is 79.0 Å². The van der Waals surface area contributed by atoms with E-state index in [1.807, 2.05) is 12.1 Å². The molecule has 0 bridgehead atoms. The number of piperazine rings is 1. The number of nitrogens with zero attached hydrogens (tertiary/aromatic N) is 5. The van der Waals surface area contributed by atoms with Crippen molar-refractivity contribution < 1.29 is 9.26 Å². The minimum Gasteiger partial charge on any atom is -0.497 e. The van der Waals surface area contributed by atoms with Gasteiger partial charge in [0.25, 0.3) is 0 Å². The Morgan fingerprint density at radius 3 is 2.46 bits per heavy atom. The second kappa shape index (κ2) is 9.60. The molecule has 0 saturated carbocycles. The van der Waals surface area contributed by atoms with Crippen LogP contribution in [0.1, 0.15) is 11.7 Å². The molecule has 142 valence electrons. The van der Waals surface area contributed by atoms with Crippen LogP contribution in [0.3, 0.4) is 0 Å². The van der Waals surface area contributed by atoms with Gasteiger partial charge >= 0.3 is 0 Å². The number of aromatic nitrogens is 2. The zero-order valence-corrected chi connectivity index (χ0v) is 17.6. The van der Waals surface area contributed by atoms with Crippen LogP contribution in [0.15, 0.2) is 33.8 Å². The number of guanidine groups is 1. The average Bonchev–Trinajstić information content (AvgIpc) is 3.08. The second-order valence-corrected chi connectivity index (χ2v) is 5.80. The predicted molar refractivity (Wildman–Crippen MR) is 111 cm³/mol. The first kappa shape index (κ1) is 20.3. The summed E-state index contributed by atoms with van der Waals surface area (Å²) in [6.07, 6.45) is 0. The molecule has 8 nitrogen and oxygen atoms in total. The van der Waals surface area contributed by atoms with E-state index >= 15 is 0 Å². The van der Waals surface area contributed by atoms with Gasteiger partial charge in [-0.15, -0.1) is 24.0 Å². The smallest absolute Gasteiger partial charge is 0.223 e. The number of nitrogens with one attached hydrogen (secondary N) is 1. The highest BCUT2D eigenvalue weighted by Gasteiger charge is 2.20. The molecular weight excluding hydrogens is 447 g/mol. The number of hydrogen-bond donors (Lipinski definition) is 1. The molecule has 0 spiro atoms. The van der Waals surface area contributed by atoms with Crippen LogP contribution in [0.5, 0.6) is 5.75 Å². The molecule has 1 N–H and O–H groups in total. The summed E-state index contributed by atoms with van der Waals surface area (Å²) in [5.41, 5.74) is 1.21. The third-order valence-corrected chi connectivity index (χ3v) is 4.20. The van der Waals surface area contributed by atoms with E-state index in [0.717, 1.165) is 37.9 Å². The van der Waals surface area contributed by atoms with Crippen molar-refractivity contribution in [1.29, 1.82) is 0 Å². The molecule has 1 aliphatic rings. The van der Waals surface area contributed by atoms with Crippen LogP contribution in [0.4, 0.5) is 5.69 Å². The van der Waals surface area contributed by atoms with Gasteiger partial charge in [0.15, 0.2) is 11.8 Å². The van der Waals surface area contributed by atoms with E-state index in [-0.39, 0.29) is 24.0 Å². The summed E-state index contributed by atoms with van der Waals surface area (Å²) >= 11 is 0. The number of anilines is 1. The summed E-state index contributed by atoms with van der Waals surface area (Å²) < 4.78 is 10.2. The molecule has 26 heavy (non-hydrogen) atoms. The van der Waals surface area contributed by atoms with Crippen molar-refractivity contribution in [3.63, 3.8) is 0 Å². The van der Waals surface area contributed by atoms with Crippen molar-refractivity contribution in [2.24, 2.45) is 4.99 Å². The summed E-state index contributed by atoms with van der Waals surface area (Å²) in [6, 6.07) is 8.18. The number of ether oxygens (including phenoxy) is 1. The maximum Gasteiger partial charge on any atom is 0.223 e. The number of hydrogen-bond acceptors (Lipinski definition) is 6. The average molecular weight is 472 g/mol. The van der Waals surface area contributed by atoms with Crippen LogP contribution >= 0.6 is 24.0 Å². The third kappa shape index (κ3) is 4.99. The summed E-state index contributed by atoms with van der Waals surface area (Å²) in [7, 11) is 3.47. The van der Waals surface area contributed by atoms with E-state index in [4.69, 9.17) is 9.26 Å². The van der Waals surface area contributed by atoms with Crippen molar-refractivity contribution >= 4 is 35.6 Å². The van der Waals surface area contributed by atoms with Crippen LogP contribution in [-0.2, 0) is 6.54 Å². The Labute approximate surface area is 170 Å². The fraction of sp³-hybridized carbons (Fsp3) is 0.471. The minimum absolute atomic E-state index is 0. The quantitative estimate of drug-likeness (QED) is 0.414. The lowest BCUT2D eigenvalue weighted by Crippen LogP contribution is -2.52. The number of benzene rings is 1. The van der Waals surface area contributed by atoms with Gasteiger partial charge in [0.1, 0.15) is 5.75 Å². The van der Waals surface area contributed by atoms with E-state index in [2.05, 4.69) is 42.4 Å². The highest BCUT2D eigenvalue weighted by molar-refractivity contribution is 14.0. The van der Waals surface area contributed by atoms with E-state index in [1.54, 1.807) is 21.1 Å². The van der Waals surface area contributed by atoms with Crippen LogP contribution < -0.4 is 15.0 Å². The number of halogens is 1. The lowest BCUT2D eigenvalue weighted by molar-refractivity contribution is 0.369. The Balaban J connectivity index is 0.00000243. The van der Waals surface area contributed by atoms with Crippen molar-refractivity contribution in [3.05, 3.63) is 36.0 Å². The van der Waals surface area contributed by atoms with Gasteiger partial charge in [0.2, 0.25) is 5.89 Å². The van der Waals surface area contributed by atoms with Crippen LogP contribution in [-0.4, -0.2) is 61.3 Å². The van der Waals surface area contributed by atoms with Gasteiger partial charge in [-0.3, -0.25) is 4.99 Å². The maximum atomic E-state index is 5.22. The van der Waals surface area contributed by atoms with Crippen molar-refractivity contribution in [2.45, 2.75) is 13.5 Å². The predicted octanol–water partition coefficient (Wildman–Crippen LogP) is 1.90. The SMILES string of the molecule is CN=C(NCc1noc(C)n1)N1CCN(c2ccc(OC)cc2)CC1.I. The van der Waals surface area contributed by atoms with Gasteiger partial charge in [-0.1, -0.05) is 5.16 Å². The Hall–Kier alpha value is -2.04. The first-order chi connectivity index (χ1) is 12.2. The fourth-order valence-corrected chi connectivity index (χ4v) is 2.87. The fourth-order valence-electron chi connectivity index (χ4n) is 2.87. The third-order valence-electron chi connectivity index (χ3n) is 4.20. The molecule has 0 radical (unpaired) electrons. The zero-order valence-electron chi connectivity index (χ0n) is 15.3. The molecule has 3 rings (SSSR count). The maximum absolute atomic E-state index is 5.22. The number of aliphatic imine (C=N–C) groups is 1. The molecule has 0 amide bonds. The first-order valence-corrected chi connectivity index (χ1v) is 8.33. The second-order valence-electron chi connectivity index (χ2n) is 5.80. The van der Waals surface area contributed by atoms with E-state index < -0.39 is 0 Å². The summed E-state index contributed by atoms with van der Waals surface area (Å²) in [6.45, 7) is 5.96. The van der Waals surface area contributed by atoms with Crippen molar-refractivity contribution in [3.8, 4) is 5.75 Å². The Morgan fingerprint density at radius 2 is 1.92 bits per heavy atom. The van der Waals surface area contributed by atoms with E-state index in [1.165, 1.54) is 5.69 Å². The highest BCUT2D eigenvalue weighted by Crippen LogP contribution is 2.20. The molecule has 0 aliphatic carbocycles. The van der Waals surface area contributed by atoms with Gasteiger partial charge in [-0.25, -0.2) is 0 Å². The largest absolute Gasteiger partial charge is 0.497 e. The molecule has 0 atom stereocenters. The van der Waals surface area contributed by atoms with Crippen molar-refractivity contribution in [2.75, 3.05) is 45.2 Å². The Kier molecular flexibility index (Phi) is 7.49.